The quantitative estimate of drug-likeness (QED) is 0.299. The zero-order valence-electron chi connectivity index (χ0n) is 22.8. The Kier molecular flexibility index (Phi) is 20.1. The van der Waals surface area contributed by atoms with Crippen LogP contribution in [0.3, 0.4) is 0 Å². The van der Waals surface area contributed by atoms with Crippen LogP contribution < -0.4 is 0 Å². The molecule has 0 bridgehead atoms. The van der Waals surface area contributed by atoms with E-state index in [1.807, 2.05) is 0 Å². The Hall–Kier alpha value is -0.390. The zero-order chi connectivity index (χ0) is 23.2. The van der Waals surface area contributed by atoms with Gasteiger partial charge in [0.25, 0.3) is 0 Å². The number of hydrogen-bond donors (Lipinski definition) is 0. The van der Waals surface area contributed by atoms with Crippen LogP contribution in [-0.4, -0.2) is 14.0 Å². The van der Waals surface area contributed by atoms with Crippen molar-refractivity contribution in [3.05, 3.63) is 22.7 Å². The Morgan fingerprint density at radius 1 is 0.679 bits per heavy atom. The predicted molar refractivity (Wildman–Crippen MR) is 143 cm³/mol. The molecule has 0 saturated heterocycles. The average molecular weight is 392 g/mol. The van der Waals surface area contributed by atoms with E-state index >= 15 is 0 Å². The lowest BCUT2D eigenvalue weighted by molar-refractivity contribution is 0.776. The lowest BCUT2D eigenvalue weighted by atomic mass is 9.29. The fourth-order valence-corrected chi connectivity index (χ4v) is 4.39. The molecule has 168 valence electrons. The summed E-state index contributed by atoms with van der Waals surface area (Å²) in [6.07, 6.45) is 2.25. The highest BCUT2D eigenvalue weighted by atomic mass is 14.1. The molecule has 0 heterocycles. The smallest absolute Gasteiger partial charge is 0.0994 e. The van der Waals surface area contributed by atoms with Crippen LogP contribution in [0.4, 0.5) is 0 Å². The summed E-state index contributed by atoms with van der Waals surface area (Å²) >= 11 is 0. The summed E-state index contributed by atoms with van der Waals surface area (Å²) in [4.78, 5) is 0. The van der Waals surface area contributed by atoms with Gasteiger partial charge >= 0.3 is 0 Å². The van der Waals surface area contributed by atoms with E-state index in [2.05, 4.69) is 117 Å². The maximum Gasteiger partial charge on any atom is 0.176 e. The van der Waals surface area contributed by atoms with Crippen molar-refractivity contribution < 1.29 is 1.43 Å². The Bertz CT molecular complexity index is 408. The fraction of sp³-hybridized carbons (Fsp3) is 0.846. The molecule has 0 saturated carbocycles. The molecule has 0 rings (SSSR count). The maximum atomic E-state index is 2.34. The van der Waals surface area contributed by atoms with E-state index in [0.717, 1.165) is 30.0 Å². The molecule has 0 radical (unpaired) electrons. The van der Waals surface area contributed by atoms with E-state index in [1.54, 1.807) is 5.47 Å². The molecule has 0 atom stereocenters. The third-order valence-corrected chi connectivity index (χ3v) is 4.60. The highest BCUT2D eigenvalue weighted by molar-refractivity contribution is 6.69. The molecule has 0 aromatic heterocycles. The highest BCUT2D eigenvalue weighted by Gasteiger charge is 2.28. The minimum Gasteiger partial charge on any atom is -0.0994 e. The first-order chi connectivity index (χ1) is 12.5. The summed E-state index contributed by atoms with van der Waals surface area (Å²) in [5, 5.41) is 0. The van der Waals surface area contributed by atoms with Crippen LogP contribution in [0, 0.1) is 11.8 Å². The Morgan fingerprint density at radius 3 is 1.07 bits per heavy atom. The molecule has 0 aromatic rings. The van der Waals surface area contributed by atoms with Gasteiger partial charge < -0.3 is 0 Å². The maximum absolute atomic E-state index is 2.34. The molecular formula is C26H58B2. The van der Waals surface area contributed by atoms with E-state index in [-0.39, 0.29) is 1.43 Å². The van der Waals surface area contributed by atoms with Crippen molar-refractivity contribution in [2.45, 2.75) is 134 Å². The normalized spacial score (nSPS) is 10.6. The average Bonchev–Trinajstić information content (AvgIpc) is 2.40. The van der Waals surface area contributed by atoms with Crippen molar-refractivity contribution in [1.82, 2.24) is 0 Å². The molecule has 0 fully saturated rings. The van der Waals surface area contributed by atoms with Crippen LogP contribution in [0.5, 0.6) is 0 Å². The van der Waals surface area contributed by atoms with Gasteiger partial charge in [-0.3, -0.25) is 0 Å². The first kappa shape index (κ1) is 32.3. The van der Waals surface area contributed by atoms with Gasteiger partial charge in [-0.25, -0.2) is 0 Å². The van der Waals surface area contributed by atoms with Crippen molar-refractivity contribution in [2.24, 2.45) is 11.8 Å². The van der Waals surface area contributed by atoms with Crippen LogP contribution in [-0.2, 0) is 0 Å². The van der Waals surface area contributed by atoms with Crippen LogP contribution in [0.15, 0.2) is 22.7 Å². The van der Waals surface area contributed by atoms with E-state index in [9.17, 15) is 0 Å². The highest BCUT2D eigenvalue weighted by Crippen LogP contribution is 2.32. The van der Waals surface area contributed by atoms with Gasteiger partial charge in [0.1, 0.15) is 7.28 Å². The second-order valence-corrected chi connectivity index (χ2v) is 11.1. The molecular weight excluding hydrogens is 334 g/mol. The molecule has 28 heavy (non-hydrogen) atoms. The first-order valence-corrected chi connectivity index (χ1v) is 11.9. The van der Waals surface area contributed by atoms with Crippen LogP contribution >= 0.6 is 0 Å². The van der Waals surface area contributed by atoms with Crippen molar-refractivity contribution in [3.63, 3.8) is 0 Å². The van der Waals surface area contributed by atoms with Crippen LogP contribution in [0.25, 0.3) is 0 Å². The van der Waals surface area contributed by atoms with Gasteiger partial charge in [0.2, 0.25) is 0 Å². The number of hydrogen-bond acceptors (Lipinski definition) is 0. The Balaban J connectivity index is -0.000000177. The summed E-state index contributed by atoms with van der Waals surface area (Å²) in [6, 6.07) is 0. The van der Waals surface area contributed by atoms with Crippen molar-refractivity contribution >= 4 is 14.0 Å². The molecule has 0 aliphatic heterocycles. The van der Waals surface area contributed by atoms with Gasteiger partial charge in [-0.15, -0.1) is 0 Å². The van der Waals surface area contributed by atoms with Crippen LogP contribution in [0.1, 0.15) is 112 Å². The molecule has 0 amide bonds. The third kappa shape index (κ3) is 20.3. The lowest BCUT2D eigenvalue weighted by Crippen LogP contribution is -2.28. The summed E-state index contributed by atoms with van der Waals surface area (Å²) in [7, 11) is 1.36. The molecule has 0 unspecified atom stereocenters. The summed E-state index contributed by atoms with van der Waals surface area (Å²) in [5.74, 6) is 4.66. The minimum atomic E-state index is 0. The summed E-state index contributed by atoms with van der Waals surface area (Å²) in [5.41, 5.74) is 4.61. The minimum absolute atomic E-state index is 0. The van der Waals surface area contributed by atoms with Crippen molar-refractivity contribution in [2.75, 3.05) is 0 Å². The lowest BCUT2D eigenvalue weighted by Gasteiger charge is -2.28. The summed E-state index contributed by atoms with van der Waals surface area (Å²) in [6.45, 7) is 37.0. The first-order valence-electron chi connectivity index (χ1n) is 11.9. The topological polar surface area (TPSA) is 0 Å². The van der Waals surface area contributed by atoms with Gasteiger partial charge in [0.15, 0.2) is 6.71 Å². The zero-order valence-corrected chi connectivity index (χ0v) is 22.8. The van der Waals surface area contributed by atoms with Gasteiger partial charge in [0.05, 0.1) is 0 Å². The van der Waals surface area contributed by atoms with Crippen molar-refractivity contribution in [1.29, 1.82) is 0 Å². The SMILES string of the molecule is CC(C)=C(B(C(C)C)C(C)C)C(C)C.CC(C)=CC(C)C.CC(C)BC(C)C.[HH]. The monoisotopic (exact) mass is 392 g/mol. The molecule has 0 N–H and O–H groups in total. The number of rotatable bonds is 7. The van der Waals surface area contributed by atoms with E-state index in [0.29, 0.717) is 11.8 Å². The molecule has 0 aromatic carbocycles. The van der Waals surface area contributed by atoms with Gasteiger partial charge in [-0.2, -0.15) is 0 Å². The molecule has 0 nitrogen and oxygen atoms in total. The Labute approximate surface area is 184 Å². The Morgan fingerprint density at radius 2 is 1.04 bits per heavy atom. The van der Waals surface area contributed by atoms with Gasteiger partial charge in [0, 0.05) is 1.43 Å². The molecule has 0 aliphatic rings. The summed E-state index contributed by atoms with van der Waals surface area (Å²) < 4.78 is 0. The molecule has 0 aliphatic carbocycles. The predicted octanol–water partition coefficient (Wildman–Crippen LogP) is 9.77. The van der Waals surface area contributed by atoms with Crippen molar-refractivity contribution in [3.8, 4) is 0 Å². The number of allylic oxidation sites excluding steroid dienone is 4. The van der Waals surface area contributed by atoms with E-state index in [4.69, 9.17) is 0 Å². The van der Waals surface area contributed by atoms with Gasteiger partial charge in [-0.05, 0) is 39.5 Å². The molecule has 0 spiro atoms. The van der Waals surface area contributed by atoms with Gasteiger partial charge in [-0.1, -0.05) is 129 Å². The molecule has 2 heteroatoms. The van der Waals surface area contributed by atoms with Crippen LogP contribution in [0.2, 0.25) is 23.3 Å². The second kappa shape index (κ2) is 17.5. The fourth-order valence-electron chi connectivity index (χ4n) is 4.39. The van der Waals surface area contributed by atoms with E-state index < -0.39 is 0 Å². The standard InChI is InChI=1S/C13H27B.C7H14.C6H15B.H2/c1-9(2)13(10(3)4)14(11(5)6)12(7)8;1-6(2)5-7(3)4;1-5(2)7-6(3)4;/h9,11-12H,1-8H3;5-6H,1-4H3;5-7H,1-4H3;1H. The third-order valence-electron chi connectivity index (χ3n) is 4.60. The largest absolute Gasteiger partial charge is 0.176 e. The van der Waals surface area contributed by atoms with E-state index in [1.165, 1.54) is 18.4 Å². The second-order valence-electron chi connectivity index (χ2n) is 11.1.